The molecule has 9 heteroatoms. The minimum atomic E-state index is -0.606. The van der Waals surface area contributed by atoms with Crippen LogP contribution in [0.4, 0.5) is 0 Å². The Balaban J connectivity index is 2.20. The minimum absolute atomic E-state index is 0.0180. The lowest BCUT2D eigenvalue weighted by Crippen LogP contribution is -2.55. The predicted molar refractivity (Wildman–Crippen MR) is 56.1 cm³/mol. The molecule has 0 aromatic heterocycles. The first-order chi connectivity index (χ1) is 7.74. The molecule has 1 aliphatic carbocycles. The fourth-order valence-corrected chi connectivity index (χ4v) is 1.24. The van der Waals surface area contributed by atoms with Crippen molar-refractivity contribution in [1.82, 2.24) is 10.3 Å². The lowest BCUT2D eigenvalue weighted by Gasteiger charge is -2.28. The maximum atomic E-state index is 10.7. The van der Waals surface area contributed by atoms with Crippen molar-refractivity contribution in [2.75, 3.05) is 0 Å². The molecule has 3 N–H and O–H groups in total. The second-order valence-corrected chi connectivity index (χ2v) is 3.43. The van der Waals surface area contributed by atoms with Crippen molar-refractivity contribution in [3.63, 3.8) is 0 Å². The summed E-state index contributed by atoms with van der Waals surface area (Å²) in [5, 5.41) is 7.45. The third kappa shape index (κ3) is 2.16. The molecule has 0 amide bonds. The van der Waals surface area contributed by atoms with Crippen molar-refractivity contribution < 1.29 is 4.79 Å². The zero-order valence-corrected chi connectivity index (χ0v) is 8.32. The molecule has 16 heavy (non-hydrogen) atoms. The number of guanidine groups is 1. The van der Waals surface area contributed by atoms with Gasteiger partial charge in [-0.25, -0.2) is 15.8 Å². The lowest BCUT2D eigenvalue weighted by atomic mass is 10.5. The van der Waals surface area contributed by atoms with Crippen LogP contribution in [-0.4, -0.2) is 35.4 Å². The zero-order chi connectivity index (χ0) is 11.5. The van der Waals surface area contributed by atoms with Gasteiger partial charge in [0, 0.05) is 11.0 Å². The van der Waals surface area contributed by atoms with Gasteiger partial charge in [0.25, 0.3) is 0 Å². The maximum absolute atomic E-state index is 10.7. The summed E-state index contributed by atoms with van der Waals surface area (Å²) in [5.74, 6) is 5.52. The molecular formula is C7H10N8O. The standard InChI is InChI=1S/C7H10N8O/c8-14-13-6-11-5(3-16)15(9)7(12-6)10-4-1-2-4/h3-4,7,10H,1-2,9H2. The molecule has 0 spiro atoms. The quantitative estimate of drug-likeness (QED) is 0.218. The SMILES string of the molecule is [N-]=[N+]=NC1=NC(NC2CC2)N(N)C(C=O)=N1. The Bertz CT molecular complexity index is 405. The smallest absolute Gasteiger partial charge is 0.217 e. The van der Waals surface area contributed by atoms with E-state index >= 15 is 0 Å². The van der Waals surface area contributed by atoms with Crippen molar-refractivity contribution >= 4 is 18.1 Å². The van der Waals surface area contributed by atoms with Crippen LogP contribution in [0.15, 0.2) is 15.1 Å². The summed E-state index contributed by atoms with van der Waals surface area (Å²) in [6, 6.07) is 0.345. The summed E-state index contributed by atoms with van der Waals surface area (Å²) in [6.45, 7) is 0. The van der Waals surface area contributed by atoms with Crippen LogP contribution in [0.3, 0.4) is 0 Å². The molecule has 1 heterocycles. The molecule has 1 fully saturated rings. The van der Waals surface area contributed by atoms with E-state index in [0.717, 1.165) is 17.9 Å². The average Bonchev–Trinajstić information content (AvgIpc) is 3.07. The highest BCUT2D eigenvalue weighted by molar-refractivity contribution is 6.29. The molecule has 2 rings (SSSR count). The van der Waals surface area contributed by atoms with Gasteiger partial charge in [-0.15, -0.1) is 0 Å². The van der Waals surface area contributed by atoms with Crippen LogP contribution in [0, 0.1) is 0 Å². The monoisotopic (exact) mass is 222 g/mol. The lowest BCUT2D eigenvalue weighted by molar-refractivity contribution is -0.103. The molecule has 0 aromatic rings. The molecular weight excluding hydrogens is 212 g/mol. The van der Waals surface area contributed by atoms with Crippen molar-refractivity contribution in [3.8, 4) is 0 Å². The third-order valence-electron chi connectivity index (χ3n) is 2.18. The van der Waals surface area contributed by atoms with Gasteiger partial charge in [-0.3, -0.25) is 15.1 Å². The van der Waals surface area contributed by atoms with Gasteiger partial charge in [-0.05, 0) is 23.5 Å². The normalized spacial score (nSPS) is 24.3. The van der Waals surface area contributed by atoms with Crippen LogP contribution in [0.1, 0.15) is 12.8 Å². The Hall–Kier alpha value is -1.96. The molecule has 1 saturated carbocycles. The van der Waals surface area contributed by atoms with Gasteiger partial charge >= 0.3 is 0 Å². The molecule has 0 bridgehead atoms. The fourth-order valence-electron chi connectivity index (χ4n) is 1.24. The van der Waals surface area contributed by atoms with E-state index in [0.29, 0.717) is 12.3 Å². The number of aldehydes is 1. The predicted octanol–water partition coefficient (Wildman–Crippen LogP) is -0.525. The van der Waals surface area contributed by atoms with Crippen molar-refractivity contribution in [2.45, 2.75) is 25.2 Å². The summed E-state index contributed by atoms with van der Waals surface area (Å²) in [4.78, 5) is 20.9. The van der Waals surface area contributed by atoms with E-state index in [4.69, 9.17) is 11.4 Å². The number of amidine groups is 1. The minimum Gasteiger partial charge on any atom is -0.294 e. The number of azide groups is 1. The van der Waals surface area contributed by atoms with Crippen LogP contribution >= 0.6 is 0 Å². The van der Waals surface area contributed by atoms with Gasteiger partial charge in [0.05, 0.1) is 0 Å². The molecule has 1 atom stereocenters. The van der Waals surface area contributed by atoms with E-state index in [-0.39, 0.29) is 11.8 Å². The summed E-state index contributed by atoms with van der Waals surface area (Å²) >= 11 is 0. The van der Waals surface area contributed by atoms with E-state index in [9.17, 15) is 4.79 Å². The Morgan fingerprint density at radius 3 is 3.00 bits per heavy atom. The molecule has 84 valence electrons. The molecule has 2 aliphatic rings. The van der Waals surface area contributed by atoms with Gasteiger partial charge in [-0.1, -0.05) is 0 Å². The van der Waals surface area contributed by atoms with Crippen LogP contribution < -0.4 is 11.2 Å². The van der Waals surface area contributed by atoms with Crippen LogP contribution in [-0.2, 0) is 4.79 Å². The number of rotatable bonds is 3. The number of nitrogens with two attached hydrogens (primary N) is 1. The van der Waals surface area contributed by atoms with E-state index in [1.165, 1.54) is 0 Å². The molecule has 1 unspecified atom stereocenters. The molecule has 9 nitrogen and oxygen atoms in total. The van der Waals surface area contributed by atoms with Crippen LogP contribution in [0.5, 0.6) is 0 Å². The van der Waals surface area contributed by atoms with E-state index in [1.54, 1.807) is 0 Å². The van der Waals surface area contributed by atoms with Gasteiger partial charge < -0.3 is 0 Å². The van der Waals surface area contributed by atoms with Crippen molar-refractivity contribution in [1.29, 1.82) is 0 Å². The molecule has 1 aliphatic heterocycles. The van der Waals surface area contributed by atoms with Crippen molar-refractivity contribution in [2.24, 2.45) is 20.9 Å². The largest absolute Gasteiger partial charge is 0.294 e. The van der Waals surface area contributed by atoms with E-state index in [2.05, 4.69) is 25.3 Å². The Labute approximate surface area is 90.6 Å². The van der Waals surface area contributed by atoms with Gasteiger partial charge in [0.2, 0.25) is 5.96 Å². The summed E-state index contributed by atoms with van der Waals surface area (Å²) in [6.07, 6.45) is 1.98. The topological polar surface area (TPSA) is 132 Å². The number of aliphatic imine (C=N–C) groups is 2. The Kier molecular flexibility index (Phi) is 2.82. The summed E-state index contributed by atoms with van der Waals surface area (Å²) < 4.78 is 0. The number of nitrogens with zero attached hydrogens (tertiary/aromatic N) is 6. The third-order valence-corrected chi connectivity index (χ3v) is 2.18. The van der Waals surface area contributed by atoms with E-state index < -0.39 is 6.29 Å². The number of hydrazine groups is 1. The maximum Gasteiger partial charge on any atom is 0.217 e. The first kappa shape index (κ1) is 10.6. The Morgan fingerprint density at radius 2 is 2.44 bits per heavy atom. The van der Waals surface area contributed by atoms with Gasteiger partial charge in [0.1, 0.15) is 0 Å². The Morgan fingerprint density at radius 1 is 1.69 bits per heavy atom. The number of hydrogen-bond donors (Lipinski definition) is 2. The highest BCUT2D eigenvalue weighted by Crippen LogP contribution is 2.20. The average molecular weight is 222 g/mol. The van der Waals surface area contributed by atoms with Gasteiger partial charge in [0.15, 0.2) is 18.4 Å². The second kappa shape index (κ2) is 4.27. The summed E-state index contributed by atoms with van der Waals surface area (Å²) in [7, 11) is 0. The fraction of sp³-hybridized carbons (Fsp3) is 0.571. The highest BCUT2D eigenvalue weighted by atomic mass is 16.1. The highest BCUT2D eigenvalue weighted by Gasteiger charge is 2.30. The number of nitrogens with one attached hydrogen (secondary N) is 1. The van der Waals surface area contributed by atoms with Crippen LogP contribution in [0.25, 0.3) is 10.4 Å². The van der Waals surface area contributed by atoms with Crippen LogP contribution in [0.2, 0.25) is 0 Å². The zero-order valence-electron chi connectivity index (χ0n) is 8.32. The first-order valence-corrected chi connectivity index (χ1v) is 4.71. The van der Waals surface area contributed by atoms with Crippen molar-refractivity contribution in [3.05, 3.63) is 10.4 Å². The molecule has 0 saturated heterocycles. The molecule has 0 radical (unpaired) electrons. The second-order valence-electron chi connectivity index (χ2n) is 3.43. The number of carbonyl (C=O) groups is 1. The summed E-state index contributed by atoms with van der Waals surface area (Å²) in [5.41, 5.74) is 8.28. The van der Waals surface area contributed by atoms with E-state index in [1.807, 2.05) is 0 Å². The number of carbonyl (C=O) groups excluding carboxylic acids is 1. The number of hydrogen-bond acceptors (Lipinski definition) is 7. The van der Waals surface area contributed by atoms with Gasteiger partial charge in [-0.2, -0.15) is 0 Å². The molecule has 0 aromatic carbocycles. The first-order valence-electron chi connectivity index (χ1n) is 4.71.